The number of hydrogen-bond donors (Lipinski definition) is 0. The number of benzene rings is 2. The van der Waals surface area contributed by atoms with Crippen LogP contribution in [0.15, 0.2) is 48.5 Å². The maximum atomic E-state index is 14.2. The molecule has 120 valence electrons. The lowest BCUT2D eigenvalue weighted by Crippen LogP contribution is -2.24. The molecule has 1 amide bonds. The second-order valence-electron chi connectivity index (χ2n) is 5.16. The Bertz CT molecular complexity index is 695. The first-order valence-electron chi connectivity index (χ1n) is 7.18. The number of carbonyl (C=O) groups excluding carboxylic acids is 1. The van der Waals surface area contributed by atoms with Gasteiger partial charge in [0.15, 0.2) is 11.6 Å². The van der Waals surface area contributed by atoms with Crippen LogP contribution >= 0.6 is 11.6 Å². The molecular weight excluding hydrogens is 321 g/mol. The number of hydrogen-bond acceptors (Lipinski definition) is 3. The quantitative estimate of drug-likeness (QED) is 0.776. The Morgan fingerprint density at radius 1 is 1.26 bits per heavy atom. The predicted molar refractivity (Wildman–Crippen MR) is 85.5 cm³/mol. The van der Waals surface area contributed by atoms with Crippen LogP contribution in [-0.4, -0.2) is 24.6 Å². The first-order chi connectivity index (χ1) is 11.2. The van der Waals surface area contributed by atoms with Gasteiger partial charge in [0, 0.05) is 6.07 Å². The minimum Gasteiger partial charge on any atom is -0.486 e. The van der Waals surface area contributed by atoms with E-state index in [1.807, 2.05) is 30.3 Å². The predicted octanol–water partition coefficient (Wildman–Crippen LogP) is 3.97. The number of carbonyl (C=O) groups is 1. The zero-order valence-electron chi connectivity index (χ0n) is 12.2. The van der Waals surface area contributed by atoms with Gasteiger partial charge in [0.2, 0.25) is 0 Å². The molecule has 1 fully saturated rings. The summed E-state index contributed by atoms with van der Waals surface area (Å²) in [5.74, 6) is -0.178. The van der Waals surface area contributed by atoms with Gasteiger partial charge >= 0.3 is 6.09 Å². The summed E-state index contributed by atoms with van der Waals surface area (Å²) in [5, 5.41) is 0. The van der Waals surface area contributed by atoms with E-state index in [4.69, 9.17) is 21.1 Å². The monoisotopic (exact) mass is 335 g/mol. The van der Waals surface area contributed by atoms with Crippen LogP contribution < -0.4 is 9.64 Å². The molecule has 0 aromatic heterocycles. The van der Waals surface area contributed by atoms with Crippen LogP contribution in [0.2, 0.25) is 0 Å². The van der Waals surface area contributed by atoms with Gasteiger partial charge in [-0.3, -0.25) is 4.90 Å². The van der Waals surface area contributed by atoms with Gasteiger partial charge in [0.1, 0.15) is 12.7 Å². The molecule has 23 heavy (non-hydrogen) atoms. The molecule has 1 atom stereocenters. The van der Waals surface area contributed by atoms with Gasteiger partial charge in [0.05, 0.1) is 18.1 Å². The Kier molecular flexibility index (Phi) is 4.67. The van der Waals surface area contributed by atoms with E-state index in [0.717, 1.165) is 5.56 Å². The molecule has 6 heteroatoms. The molecule has 0 N–H and O–H groups in total. The van der Waals surface area contributed by atoms with Gasteiger partial charge in [-0.1, -0.05) is 30.3 Å². The third kappa shape index (κ3) is 3.56. The summed E-state index contributed by atoms with van der Waals surface area (Å²) in [4.78, 5) is 13.1. The molecule has 2 aromatic rings. The van der Waals surface area contributed by atoms with Crippen LogP contribution in [0.3, 0.4) is 0 Å². The van der Waals surface area contributed by atoms with Gasteiger partial charge in [-0.2, -0.15) is 0 Å². The highest BCUT2D eigenvalue weighted by atomic mass is 35.5. The van der Waals surface area contributed by atoms with E-state index in [9.17, 15) is 9.18 Å². The lowest BCUT2D eigenvalue weighted by Gasteiger charge is -2.14. The molecule has 1 saturated heterocycles. The molecule has 4 nitrogen and oxygen atoms in total. The van der Waals surface area contributed by atoms with E-state index in [-0.39, 0.29) is 24.3 Å². The summed E-state index contributed by atoms with van der Waals surface area (Å²) in [6.45, 7) is 0.586. The molecule has 0 radical (unpaired) electrons. The molecule has 2 aromatic carbocycles. The van der Waals surface area contributed by atoms with E-state index < -0.39 is 11.9 Å². The van der Waals surface area contributed by atoms with Crippen molar-refractivity contribution in [3.63, 3.8) is 0 Å². The number of alkyl halides is 1. The number of halogens is 2. The van der Waals surface area contributed by atoms with Crippen molar-refractivity contribution < 1.29 is 18.7 Å². The Balaban J connectivity index is 1.70. The first-order valence-corrected chi connectivity index (χ1v) is 7.71. The van der Waals surface area contributed by atoms with E-state index in [0.29, 0.717) is 12.2 Å². The Morgan fingerprint density at radius 3 is 2.70 bits per heavy atom. The first kappa shape index (κ1) is 15.6. The second kappa shape index (κ2) is 6.87. The molecule has 1 aliphatic heterocycles. The largest absolute Gasteiger partial charge is 0.486 e. The van der Waals surface area contributed by atoms with Crippen LogP contribution in [0.1, 0.15) is 5.56 Å². The molecule has 1 heterocycles. The zero-order chi connectivity index (χ0) is 16.2. The van der Waals surface area contributed by atoms with Crippen LogP contribution in [0.4, 0.5) is 14.9 Å². The molecule has 0 spiro atoms. The van der Waals surface area contributed by atoms with Gasteiger partial charge in [0.25, 0.3) is 0 Å². The third-order valence-corrected chi connectivity index (χ3v) is 3.85. The lowest BCUT2D eigenvalue weighted by molar-refractivity contribution is 0.151. The van der Waals surface area contributed by atoms with Gasteiger partial charge in [-0.05, 0) is 17.7 Å². The van der Waals surface area contributed by atoms with Crippen molar-refractivity contribution in [2.45, 2.75) is 12.7 Å². The van der Waals surface area contributed by atoms with Gasteiger partial charge < -0.3 is 9.47 Å². The van der Waals surface area contributed by atoms with Crippen molar-refractivity contribution in [2.75, 3.05) is 17.3 Å². The molecule has 1 unspecified atom stereocenters. The maximum Gasteiger partial charge on any atom is 0.414 e. The van der Waals surface area contributed by atoms with Gasteiger partial charge in [-0.15, -0.1) is 11.6 Å². The molecule has 0 bridgehead atoms. The van der Waals surface area contributed by atoms with Crippen molar-refractivity contribution in [3.8, 4) is 5.75 Å². The Hall–Kier alpha value is -2.27. The zero-order valence-corrected chi connectivity index (χ0v) is 13.0. The van der Waals surface area contributed by atoms with E-state index in [2.05, 4.69) is 0 Å². The average molecular weight is 336 g/mol. The molecule has 1 aliphatic rings. The standard InChI is InChI=1S/C17H15ClFNO3/c18-9-14-10-20(17(21)23-14)13-6-7-16(15(19)8-13)22-11-12-4-2-1-3-5-12/h1-8,14H,9-11H2. The number of rotatable bonds is 5. The van der Waals surface area contributed by atoms with Crippen LogP contribution in [0, 0.1) is 5.82 Å². The molecule has 3 rings (SSSR count). The summed E-state index contributed by atoms with van der Waals surface area (Å²) in [6.07, 6.45) is -0.894. The summed E-state index contributed by atoms with van der Waals surface area (Å²) in [7, 11) is 0. The SMILES string of the molecule is O=C1OC(CCl)CN1c1ccc(OCc2ccccc2)c(F)c1. The smallest absolute Gasteiger partial charge is 0.414 e. The highest BCUT2D eigenvalue weighted by Crippen LogP contribution is 2.27. The molecule has 0 saturated carbocycles. The number of cyclic esters (lactones) is 1. The molecular formula is C17H15ClFNO3. The third-order valence-electron chi connectivity index (χ3n) is 3.51. The normalized spacial score (nSPS) is 17.2. The minimum absolute atomic E-state index is 0.138. The summed E-state index contributed by atoms with van der Waals surface area (Å²) in [5.41, 5.74) is 1.37. The maximum absolute atomic E-state index is 14.2. The summed E-state index contributed by atoms with van der Waals surface area (Å²) in [6, 6.07) is 13.9. The average Bonchev–Trinajstić information content (AvgIpc) is 2.96. The lowest BCUT2D eigenvalue weighted by atomic mass is 10.2. The van der Waals surface area contributed by atoms with E-state index >= 15 is 0 Å². The van der Waals surface area contributed by atoms with E-state index in [1.165, 1.54) is 17.0 Å². The fourth-order valence-corrected chi connectivity index (χ4v) is 2.48. The van der Waals surface area contributed by atoms with Crippen LogP contribution in [-0.2, 0) is 11.3 Å². The van der Waals surface area contributed by atoms with Crippen molar-refractivity contribution >= 4 is 23.4 Å². The highest BCUT2D eigenvalue weighted by Gasteiger charge is 2.32. The Labute approximate surface area is 138 Å². The Morgan fingerprint density at radius 2 is 2.04 bits per heavy atom. The van der Waals surface area contributed by atoms with Crippen molar-refractivity contribution in [2.24, 2.45) is 0 Å². The summed E-state index contributed by atoms with van der Waals surface area (Å²) < 4.78 is 24.7. The fourth-order valence-electron chi connectivity index (χ4n) is 2.32. The number of ether oxygens (including phenoxy) is 2. The van der Waals surface area contributed by atoms with Gasteiger partial charge in [-0.25, -0.2) is 9.18 Å². The van der Waals surface area contributed by atoms with E-state index in [1.54, 1.807) is 6.07 Å². The topological polar surface area (TPSA) is 38.8 Å². The van der Waals surface area contributed by atoms with Crippen LogP contribution in [0.25, 0.3) is 0 Å². The number of nitrogens with zero attached hydrogens (tertiary/aromatic N) is 1. The van der Waals surface area contributed by atoms with Crippen molar-refractivity contribution in [3.05, 3.63) is 59.9 Å². The number of amides is 1. The minimum atomic E-state index is -0.527. The molecule has 0 aliphatic carbocycles. The fraction of sp³-hybridized carbons (Fsp3) is 0.235. The highest BCUT2D eigenvalue weighted by molar-refractivity contribution is 6.18. The van der Waals surface area contributed by atoms with Crippen molar-refractivity contribution in [1.29, 1.82) is 0 Å². The second-order valence-corrected chi connectivity index (χ2v) is 5.47. The van der Waals surface area contributed by atoms with Crippen molar-refractivity contribution in [1.82, 2.24) is 0 Å². The van der Waals surface area contributed by atoms with Crippen LogP contribution in [0.5, 0.6) is 5.75 Å². The number of anilines is 1. The summed E-state index contributed by atoms with van der Waals surface area (Å²) >= 11 is 5.68.